The fourth-order valence-corrected chi connectivity index (χ4v) is 21.6. The Morgan fingerprint density at radius 2 is 0.603 bits per heavy atom. The van der Waals surface area contributed by atoms with Crippen LogP contribution in [0.1, 0.15) is 168 Å². The Bertz CT molecular complexity index is 6850. The number of piperazine rings is 3. The van der Waals surface area contributed by atoms with Crippen LogP contribution in [0, 0.1) is 93.0 Å². The molecule has 6 N–H and O–H groups in total. The number of benzene rings is 3. The van der Waals surface area contributed by atoms with Crippen molar-refractivity contribution in [1.29, 1.82) is 15.8 Å². The second-order valence-corrected chi connectivity index (χ2v) is 39.8. The zero-order valence-corrected chi connectivity index (χ0v) is 87.1. The second-order valence-electron chi connectivity index (χ2n) is 36.3. The Hall–Kier alpha value is -12.5. The van der Waals surface area contributed by atoms with Crippen molar-refractivity contribution in [3.63, 3.8) is 0 Å². The van der Waals surface area contributed by atoms with Crippen molar-refractivity contribution in [2.75, 3.05) is 71.2 Å². The largest absolute Gasteiger partial charge is 0.397 e. The SMILES string of the molecule is C=CC(=O)N1[C@H](C)CN(c2c(C#N)c(=O)n(-c3c(C)ccnc3C(C)C)c3nc(-c4c(C)c(Cl)c(F)c(Cl)c4N)c(Cl)cc23)C[C@@H]1C.C=CC(=O)N1[C@H](C)CN(c2c(C#N)c(=O)n(-c3c(C)ccnc3C(C)C)c3nc(-c4c(C)c(Cl)c(F)c(Cl)c4N)c(Cl)cc23)C[C@@H]1C.C=CC(=O)N1[C@H](C)CN(c2c(C#N)c(=O)n(-c3c(C)ccnc3C(C)C)c3nc(-c4c(C)c(Cl)c(F)c(Cl)c4N)c(Cl)cc23)C[C@@H]1C. The van der Waals surface area contributed by atoms with E-state index in [9.17, 15) is 57.7 Å². The fraction of sp³-hybridized carbons (Fsp3) is 0.324. The van der Waals surface area contributed by atoms with Gasteiger partial charge in [0, 0.05) is 127 Å². The first-order valence-electron chi connectivity index (χ1n) is 44.8. The van der Waals surface area contributed by atoms with E-state index in [0.717, 1.165) is 16.7 Å². The van der Waals surface area contributed by atoms with E-state index in [1.54, 1.807) is 90.5 Å². The van der Waals surface area contributed by atoms with Crippen LogP contribution < -0.4 is 48.6 Å². The summed E-state index contributed by atoms with van der Waals surface area (Å²) in [5.41, 5.74) is 25.2. The van der Waals surface area contributed by atoms with Gasteiger partial charge in [0.25, 0.3) is 16.7 Å². The molecule has 3 amide bonds. The van der Waals surface area contributed by atoms with Gasteiger partial charge >= 0.3 is 0 Å². The molecule has 6 atom stereocenters. The lowest BCUT2D eigenvalue weighted by molar-refractivity contribution is -0.131. The van der Waals surface area contributed by atoms with Crippen LogP contribution in [-0.2, 0) is 14.4 Å². The number of nitrogens with two attached hydrogens (primary N) is 3. The number of nitrogen functional groups attached to an aromatic ring is 3. The molecule has 0 spiro atoms. The molecule has 3 fully saturated rings. The number of hydrogen-bond acceptors (Lipinski definition) is 21. The summed E-state index contributed by atoms with van der Waals surface area (Å²) < 4.78 is 48.5. The van der Waals surface area contributed by atoms with Gasteiger partial charge in [-0.1, -0.05) is 166 Å². The topological polar surface area (TPSA) is 363 Å². The van der Waals surface area contributed by atoms with E-state index in [0.29, 0.717) is 107 Å². The van der Waals surface area contributed by atoms with Crippen molar-refractivity contribution in [3.8, 4) is 69.0 Å². The Balaban J connectivity index is 0.000000178. The van der Waals surface area contributed by atoms with Gasteiger partial charge in [-0.2, -0.15) is 15.8 Å². The first-order valence-corrected chi connectivity index (χ1v) is 48.2. The van der Waals surface area contributed by atoms with E-state index < -0.39 is 34.1 Å². The fourth-order valence-electron chi connectivity index (χ4n) is 19.5. The minimum Gasteiger partial charge on any atom is -0.397 e. The summed E-state index contributed by atoms with van der Waals surface area (Å²) in [4.78, 5) is 121. The summed E-state index contributed by atoms with van der Waals surface area (Å²) in [6, 6.07) is 14.9. The molecule has 3 aliphatic rings. The quantitative estimate of drug-likeness (QED) is 0.0487. The molecule has 27 nitrogen and oxygen atoms in total. The van der Waals surface area contributed by atoms with Crippen molar-refractivity contribution in [2.45, 2.75) is 179 Å². The van der Waals surface area contributed by atoms with Crippen LogP contribution >= 0.6 is 104 Å². The number of rotatable bonds is 15. The summed E-state index contributed by atoms with van der Waals surface area (Å²) in [5, 5.41) is 31.4. The highest BCUT2D eigenvalue weighted by Crippen LogP contribution is 2.51. The molecule has 0 saturated carbocycles. The number of halogens is 12. The van der Waals surface area contributed by atoms with Crippen LogP contribution in [0.4, 0.5) is 47.3 Å². The van der Waals surface area contributed by atoms with Crippen molar-refractivity contribution in [3.05, 3.63) is 254 Å². The normalized spacial score (nSPS) is 16.6. The summed E-state index contributed by atoms with van der Waals surface area (Å²) in [6.07, 6.45) is 8.81. The van der Waals surface area contributed by atoms with Crippen LogP contribution in [0.25, 0.3) is 83.9 Å². The number of anilines is 6. The standard InChI is InChI=1S/3C34H33Cl3FN7O2/c3*1-8-23(46)44-17(5)13-43(14-18(44)6)32-20-11-22(35)30(24-19(7)25(36)27(38)26(37)28(24)40)42-33(20)45(34(47)21(32)12-39)31-16(4)9-10-41-29(31)15(2)3/h3*8-11,15,17-18H,1,13-14,40H2,2-7H3/t3*17-,18+. The van der Waals surface area contributed by atoms with E-state index in [4.69, 9.17) is 137 Å². The number of aromatic nitrogens is 9. The lowest BCUT2D eigenvalue weighted by Gasteiger charge is -2.45. The molecule has 9 aromatic heterocycles. The van der Waals surface area contributed by atoms with Gasteiger partial charge < -0.3 is 46.6 Å². The summed E-state index contributed by atoms with van der Waals surface area (Å²) in [6.45, 7) is 46.1. The van der Waals surface area contributed by atoms with Gasteiger partial charge in [0.15, 0.2) is 17.5 Å². The van der Waals surface area contributed by atoms with Crippen LogP contribution in [0.2, 0.25) is 45.2 Å². The molecule has 732 valence electrons. The lowest BCUT2D eigenvalue weighted by Crippen LogP contribution is -2.58. The van der Waals surface area contributed by atoms with Crippen LogP contribution in [-0.4, -0.2) is 152 Å². The molecule has 0 aliphatic carbocycles. The summed E-state index contributed by atoms with van der Waals surface area (Å²) in [5.74, 6) is -3.55. The van der Waals surface area contributed by atoms with Gasteiger partial charge in [-0.05, 0) is 189 Å². The number of nitrogens with zero attached hydrogens (tertiary/aromatic N) is 18. The molecule has 12 aromatic rings. The van der Waals surface area contributed by atoms with E-state index >= 15 is 0 Å². The first kappa shape index (κ1) is 106. The van der Waals surface area contributed by atoms with Gasteiger partial charge in [-0.3, -0.25) is 57.4 Å². The van der Waals surface area contributed by atoms with Gasteiger partial charge in [-0.25, -0.2) is 28.1 Å². The minimum absolute atomic E-state index is 0.103. The first-order chi connectivity index (χ1) is 66.5. The smallest absolute Gasteiger partial charge is 0.276 e. The lowest BCUT2D eigenvalue weighted by atomic mass is 9.99. The van der Waals surface area contributed by atoms with E-state index in [-0.39, 0.29) is 218 Å². The van der Waals surface area contributed by atoms with Crippen molar-refractivity contribution in [2.24, 2.45) is 0 Å². The minimum atomic E-state index is -0.869. The Labute approximate surface area is 857 Å². The molecule has 0 unspecified atom stereocenters. The van der Waals surface area contributed by atoms with E-state index in [2.05, 4.69) is 52.9 Å². The highest BCUT2D eigenvalue weighted by Gasteiger charge is 2.42. The zero-order chi connectivity index (χ0) is 104. The maximum atomic E-state index is 14.8. The summed E-state index contributed by atoms with van der Waals surface area (Å²) >= 11 is 58.6. The van der Waals surface area contributed by atoms with Gasteiger partial charge in [0.05, 0.1) is 115 Å². The highest BCUT2D eigenvalue weighted by atomic mass is 35.5. The van der Waals surface area contributed by atoms with Crippen LogP contribution in [0.5, 0.6) is 0 Å². The number of hydrogen-bond donors (Lipinski definition) is 3. The molecule has 141 heavy (non-hydrogen) atoms. The third kappa shape index (κ3) is 18.5. The molecule has 0 radical (unpaired) electrons. The van der Waals surface area contributed by atoms with Gasteiger partial charge in [0.1, 0.15) is 66.9 Å². The molecule has 3 saturated heterocycles. The molecule has 12 heterocycles. The zero-order valence-electron chi connectivity index (χ0n) is 80.3. The molecule has 3 aromatic carbocycles. The third-order valence-electron chi connectivity index (χ3n) is 25.8. The van der Waals surface area contributed by atoms with E-state index in [1.807, 2.05) is 119 Å². The highest BCUT2D eigenvalue weighted by molar-refractivity contribution is 6.41. The second kappa shape index (κ2) is 41.6. The molecule has 15 rings (SSSR count). The third-order valence-corrected chi connectivity index (χ3v) is 29.2. The molecular formula is C102H99Cl9F3N21O6. The van der Waals surface area contributed by atoms with Crippen molar-refractivity contribution in [1.82, 2.24) is 58.3 Å². The number of fused-ring (bicyclic) bond motifs is 3. The number of aryl methyl sites for hydroxylation is 3. The molecule has 3 aliphatic heterocycles. The van der Waals surface area contributed by atoms with Crippen molar-refractivity contribution >= 4 is 189 Å². The maximum absolute atomic E-state index is 14.8. The van der Waals surface area contributed by atoms with Crippen LogP contribution in [0.15, 0.2) is 107 Å². The maximum Gasteiger partial charge on any atom is 0.276 e. The number of carbonyl (C=O) groups excluding carboxylic acids is 3. The van der Waals surface area contributed by atoms with Gasteiger partial charge in [0.2, 0.25) is 17.7 Å². The molecule has 0 bridgehead atoms. The average Bonchev–Trinajstić information content (AvgIpc) is 0.725. The molecular weight excluding hydrogens is 1990 g/mol. The Morgan fingerprint density at radius 1 is 0.390 bits per heavy atom. The van der Waals surface area contributed by atoms with E-state index in [1.165, 1.54) is 31.9 Å². The number of pyridine rings is 9. The number of nitriles is 3. The number of carbonyl (C=O) groups is 3. The summed E-state index contributed by atoms with van der Waals surface area (Å²) in [7, 11) is 0. The van der Waals surface area contributed by atoms with Crippen molar-refractivity contribution < 1.29 is 27.6 Å². The molecule has 39 heteroatoms. The predicted octanol–water partition coefficient (Wildman–Crippen LogP) is 22.1. The predicted molar refractivity (Wildman–Crippen MR) is 559 cm³/mol. The average molecular weight is 2090 g/mol. The van der Waals surface area contributed by atoms with Gasteiger partial charge in [-0.15, -0.1) is 0 Å². The Morgan fingerprint density at radius 3 is 0.794 bits per heavy atom. The number of amides is 3. The monoisotopic (exact) mass is 2090 g/mol. The van der Waals surface area contributed by atoms with Crippen LogP contribution in [0.3, 0.4) is 0 Å². The Kier molecular flexibility index (Phi) is 31.2.